The van der Waals surface area contributed by atoms with Crippen molar-refractivity contribution in [2.24, 2.45) is 0 Å². The third-order valence-corrected chi connectivity index (χ3v) is 4.75. The van der Waals surface area contributed by atoms with Crippen molar-refractivity contribution >= 4 is 32.7 Å². The number of fused-ring (bicyclic) bond motifs is 1. The van der Waals surface area contributed by atoms with E-state index in [2.05, 4.69) is 4.98 Å². The second kappa shape index (κ2) is 5.89. The van der Waals surface area contributed by atoms with Crippen LogP contribution in [0.25, 0.3) is 10.2 Å². The molecule has 6 heteroatoms. The molecule has 2 aromatic rings. The van der Waals surface area contributed by atoms with Gasteiger partial charge in [-0.3, -0.25) is 0 Å². The van der Waals surface area contributed by atoms with E-state index in [0.29, 0.717) is 13.0 Å². The summed E-state index contributed by atoms with van der Waals surface area (Å²) in [4.78, 5) is 17.9. The number of hydrogen-bond donors (Lipinski definition) is 1. The van der Waals surface area contributed by atoms with Gasteiger partial charge in [0.1, 0.15) is 11.8 Å². The number of hydrogen-bond acceptors (Lipinski definition) is 5. The number of carboxylic acids is 1. The second-order valence-corrected chi connectivity index (χ2v) is 6.11. The van der Waals surface area contributed by atoms with Crippen molar-refractivity contribution in [1.82, 2.24) is 4.98 Å². The number of anilines is 1. The first-order valence-electron chi connectivity index (χ1n) is 7.22. The Balaban J connectivity index is 1.93. The van der Waals surface area contributed by atoms with E-state index in [0.717, 1.165) is 40.5 Å². The lowest BCUT2D eigenvalue weighted by atomic mass is 10.0. The highest BCUT2D eigenvalue weighted by atomic mass is 32.1. The predicted octanol–water partition coefficient (Wildman–Crippen LogP) is 3.14. The van der Waals surface area contributed by atoms with Crippen LogP contribution in [0.15, 0.2) is 18.2 Å². The minimum Gasteiger partial charge on any atom is -0.494 e. The maximum atomic E-state index is 11.4. The smallest absolute Gasteiger partial charge is 0.326 e. The van der Waals surface area contributed by atoms with Gasteiger partial charge in [0, 0.05) is 6.54 Å². The van der Waals surface area contributed by atoms with Gasteiger partial charge in [0.05, 0.1) is 16.8 Å². The highest BCUT2D eigenvalue weighted by molar-refractivity contribution is 7.22. The molecule has 1 aromatic carbocycles. The predicted molar refractivity (Wildman–Crippen MR) is 83.4 cm³/mol. The van der Waals surface area contributed by atoms with Gasteiger partial charge in [0.15, 0.2) is 5.13 Å². The van der Waals surface area contributed by atoms with Crippen molar-refractivity contribution in [3.05, 3.63) is 18.2 Å². The normalized spacial score (nSPS) is 18.9. The van der Waals surface area contributed by atoms with Crippen LogP contribution in [-0.4, -0.2) is 35.3 Å². The number of ether oxygens (including phenoxy) is 1. The number of aromatic nitrogens is 1. The van der Waals surface area contributed by atoms with Gasteiger partial charge < -0.3 is 14.7 Å². The lowest BCUT2D eigenvalue weighted by Gasteiger charge is -2.32. The molecule has 2 heterocycles. The average Bonchev–Trinajstić information content (AvgIpc) is 2.90. The van der Waals surface area contributed by atoms with Crippen LogP contribution in [-0.2, 0) is 4.79 Å². The number of carbonyl (C=O) groups is 1. The Morgan fingerprint density at radius 1 is 1.52 bits per heavy atom. The van der Waals surface area contributed by atoms with Crippen LogP contribution in [0.1, 0.15) is 26.2 Å². The van der Waals surface area contributed by atoms with E-state index >= 15 is 0 Å². The molecule has 1 aliphatic rings. The summed E-state index contributed by atoms with van der Waals surface area (Å²) in [6, 6.07) is 5.35. The molecule has 112 valence electrons. The van der Waals surface area contributed by atoms with Gasteiger partial charge in [-0.1, -0.05) is 11.3 Å². The van der Waals surface area contributed by atoms with Gasteiger partial charge in [-0.05, 0) is 44.4 Å². The minimum absolute atomic E-state index is 0.453. The summed E-state index contributed by atoms with van der Waals surface area (Å²) in [7, 11) is 0. The summed E-state index contributed by atoms with van der Waals surface area (Å²) in [5.74, 6) is 0.0672. The van der Waals surface area contributed by atoms with Gasteiger partial charge in [-0.25, -0.2) is 9.78 Å². The lowest BCUT2D eigenvalue weighted by molar-refractivity contribution is -0.139. The van der Waals surface area contributed by atoms with Crippen molar-refractivity contribution in [3.8, 4) is 5.75 Å². The molecule has 1 atom stereocenters. The topological polar surface area (TPSA) is 62.7 Å². The molecule has 1 unspecified atom stereocenters. The zero-order chi connectivity index (χ0) is 14.8. The minimum atomic E-state index is -0.760. The molecule has 0 bridgehead atoms. The summed E-state index contributed by atoms with van der Waals surface area (Å²) in [5, 5.41) is 10.2. The summed E-state index contributed by atoms with van der Waals surface area (Å²) >= 11 is 1.54. The number of piperidine rings is 1. The maximum absolute atomic E-state index is 11.4. The standard InChI is InChI=1S/C15H18N2O3S/c1-2-20-10-6-7-11-13(9-10)21-15(16-11)17-8-4-3-5-12(17)14(18)19/h6-7,9,12H,2-5,8H2,1H3,(H,18,19). The number of thiazole rings is 1. The molecular formula is C15H18N2O3S. The first-order valence-corrected chi connectivity index (χ1v) is 8.03. The van der Waals surface area contributed by atoms with Crippen LogP contribution < -0.4 is 9.64 Å². The van der Waals surface area contributed by atoms with Crippen LogP contribution >= 0.6 is 11.3 Å². The van der Waals surface area contributed by atoms with Crippen molar-refractivity contribution in [2.75, 3.05) is 18.1 Å². The van der Waals surface area contributed by atoms with E-state index < -0.39 is 12.0 Å². The van der Waals surface area contributed by atoms with Gasteiger partial charge >= 0.3 is 5.97 Å². The highest BCUT2D eigenvalue weighted by Gasteiger charge is 2.30. The van der Waals surface area contributed by atoms with Crippen LogP contribution in [0.3, 0.4) is 0 Å². The molecule has 21 heavy (non-hydrogen) atoms. The number of carboxylic acid groups (broad SMARTS) is 1. The van der Waals surface area contributed by atoms with Crippen LogP contribution in [0.4, 0.5) is 5.13 Å². The molecule has 3 rings (SSSR count). The van der Waals surface area contributed by atoms with Gasteiger partial charge in [0.25, 0.3) is 0 Å². The molecule has 0 saturated carbocycles. The highest BCUT2D eigenvalue weighted by Crippen LogP contribution is 2.34. The monoisotopic (exact) mass is 306 g/mol. The molecular weight excluding hydrogens is 288 g/mol. The molecule has 1 saturated heterocycles. The number of nitrogens with zero attached hydrogens (tertiary/aromatic N) is 2. The van der Waals surface area contributed by atoms with Crippen LogP contribution in [0, 0.1) is 0 Å². The first-order chi connectivity index (χ1) is 10.2. The van der Waals surface area contributed by atoms with Gasteiger partial charge in [-0.15, -0.1) is 0 Å². The van der Waals surface area contributed by atoms with Crippen LogP contribution in [0.5, 0.6) is 5.75 Å². The third-order valence-electron chi connectivity index (χ3n) is 3.69. The Morgan fingerprint density at radius 3 is 3.14 bits per heavy atom. The third kappa shape index (κ3) is 2.81. The molecule has 1 aliphatic heterocycles. The number of benzene rings is 1. The fourth-order valence-electron chi connectivity index (χ4n) is 2.69. The van der Waals surface area contributed by atoms with Gasteiger partial charge in [-0.2, -0.15) is 0 Å². The lowest BCUT2D eigenvalue weighted by Crippen LogP contribution is -2.44. The maximum Gasteiger partial charge on any atom is 0.326 e. The molecule has 1 fully saturated rings. The zero-order valence-electron chi connectivity index (χ0n) is 11.9. The quantitative estimate of drug-likeness (QED) is 0.940. The molecule has 5 nitrogen and oxygen atoms in total. The fraction of sp³-hybridized carbons (Fsp3) is 0.467. The molecule has 0 radical (unpaired) electrons. The Morgan fingerprint density at radius 2 is 2.38 bits per heavy atom. The Bertz CT molecular complexity index is 655. The molecule has 0 amide bonds. The summed E-state index contributed by atoms with van der Waals surface area (Å²) in [6.45, 7) is 3.34. The van der Waals surface area contributed by atoms with Gasteiger partial charge in [0.2, 0.25) is 0 Å². The number of rotatable bonds is 4. The average molecular weight is 306 g/mol. The zero-order valence-corrected chi connectivity index (χ0v) is 12.7. The molecule has 0 aliphatic carbocycles. The van der Waals surface area contributed by atoms with Crippen molar-refractivity contribution in [3.63, 3.8) is 0 Å². The van der Waals surface area contributed by atoms with E-state index in [1.165, 1.54) is 11.3 Å². The Labute approximate surface area is 127 Å². The van der Waals surface area contributed by atoms with Crippen molar-refractivity contribution < 1.29 is 14.6 Å². The fourth-order valence-corrected chi connectivity index (χ4v) is 3.76. The van der Waals surface area contributed by atoms with E-state index in [1.54, 1.807) is 0 Å². The largest absolute Gasteiger partial charge is 0.494 e. The Kier molecular flexibility index (Phi) is 3.96. The SMILES string of the molecule is CCOc1ccc2nc(N3CCCCC3C(=O)O)sc2c1. The molecule has 0 spiro atoms. The van der Waals surface area contributed by atoms with Crippen LogP contribution in [0.2, 0.25) is 0 Å². The Hall–Kier alpha value is -1.82. The molecule has 1 N–H and O–H groups in total. The second-order valence-electron chi connectivity index (χ2n) is 5.10. The van der Waals surface area contributed by atoms with E-state index in [-0.39, 0.29) is 0 Å². The van der Waals surface area contributed by atoms with E-state index in [4.69, 9.17) is 4.74 Å². The number of aliphatic carboxylic acids is 1. The van der Waals surface area contributed by atoms with E-state index in [1.807, 2.05) is 30.0 Å². The summed E-state index contributed by atoms with van der Waals surface area (Å²) < 4.78 is 6.53. The summed E-state index contributed by atoms with van der Waals surface area (Å²) in [6.07, 6.45) is 2.67. The van der Waals surface area contributed by atoms with Crippen molar-refractivity contribution in [2.45, 2.75) is 32.2 Å². The van der Waals surface area contributed by atoms with E-state index in [9.17, 15) is 9.90 Å². The summed E-state index contributed by atoms with van der Waals surface area (Å²) in [5.41, 5.74) is 0.896. The molecule has 1 aromatic heterocycles. The first kappa shape index (κ1) is 14.1. The van der Waals surface area contributed by atoms with Crippen molar-refractivity contribution in [1.29, 1.82) is 0 Å².